The lowest BCUT2D eigenvalue weighted by molar-refractivity contribution is 0.397. The fourth-order valence-electron chi connectivity index (χ4n) is 1.46. The van der Waals surface area contributed by atoms with Gasteiger partial charge in [-0.1, -0.05) is 5.16 Å². The molecule has 17 heavy (non-hydrogen) atoms. The smallest absolute Gasteiger partial charge is 0.258 e. The molecule has 0 aliphatic carbocycles. The Balaban J connectivity index is 2.44. The number of halogens is 1. The van der Waals surface area contributed by atoms with Gasteiger partial charge >= 0.3 is 0 Å². The molecule has 0 amide bonds. The number of rotatable bonds is 2. The first kappa shape index (κ1) is 11.7. The summed E-state index contributed by atoms with van der Waals surface area (Å²) in [4.78, 5) is 4.22. The van der Waals surface area contributed by atoms with Crippen molar-refractivity contribution >= 4 is 0 Å². The van der Waals surface area contributed by atoms with E-state index < -0.39 is 5.54 Å². The summed E-state index contributed by atoms with van der Waals surface area (Å²) in [5, 5.41) is 3.82. The zero-order valence-corrected chi connectivity index (χ0v) is 9.99. The molecule has 1 aromatic heterocycles. The third kappa shape index (κ3) is 2.34. The van der Waals surface area contributed by atoms with Gasteiger partial charge in [-0.15, -0.1) is 0 Å². The molecule has 1 heterocycles. The maximum atomic E-state index is 13.0. The van der Waals surface area contributed by atoms with Crippen LogP contribution in [0.5, 0.6) is 0 Å². The fraction of sp³-hybridized carbons (Fsp3) is 0.333. The molecule has 0 unspecified atom stereocenters. The Morgan fingerprint density at radius 2 is 2.06 bits per heavy atom. The molecule has 2 N–H and O–H groups in total. The first-order valence-electron chi connectivity index (χ1n) is 5.27. The van der Waals surface area contributed by atoms with E-state index in [4.69, 9.17) is 10.3 Å². The van der Waals surface area contributed by atoms with Crippen LogP contribution in [0.1, 0.15) is 25.2 Å². The van der Waals surface area contributed by atoms with E-state index >= 15 is 0 Å². The topological polar surface area (TPSA) is 64.9 Å². The highest BCUT2D eigenvalue weighted by atomic mass is 19.1. The van der Waals surface area contributed by atoms with Gasteiger partial charge in [0, 0.05) is 5.56 Å². The molecule has 0 radical (unpaired) electrons. The van der Waals surface area contributed by atoms with Crippen LogP contribution >= 0.6 is 0 Å². The Bertz CT molecular complexity index is 543. The van der Waals surface area contributed by atoms with Gasteiger partial charge in [0.15, 0.2) is 5.82 Å². The summed E-state index contributed by atoms with van der Waals surface area (Å²) in [5.41, 5.74) is 6.67. The predicted octanol–water partition coefficient (Wildman–Crippen LogP) is 2.38. The standard InChI is InChI=1S/C12H14FN3O/c1-7-6-8(13)4-5-9(7)10-15-11(16-17-10)12(2,3)14/h4-6H,14H2,1-3H3. The van der Waals surface area contributed by atoms with Crippen LogP contribution in [0.15, 0.2) is 22.7 Å². The fourth-order valence-corrected chi connectivity index (χ4v) is 1.46. The molecular weight excluding hydrogens is 221 g/mol. The number of hydrogen-bond donors (Lipinski definition) is 1. The largest absolute Gasteiger partial charge is 0.334 e. The Hall–Kier alpha value is -1.75. The number of hydrogen-bond acceptors (Lipinski definition) is 4. The molecule has 0 atom stereocenters. The van der Waals surface area contributed by atoms with Crippen molar-refractivity contribution in [3.63, 3.8) is 0 Å². The maximum Gasteiger partial charge on any atom is 0.258 e. The van der Waals surface area contributed by atoms with Crippen LogP contribution in [0.3, 0.4) is 0 Å². The summed E-state index contributed by atoms with van der Waals surface area (Å²) in [6.07, 6.45) is 0. The van der Waals surface area contributed by atoms with Gasteiger partial charge < -0.3 is 10.3 Å². The molecule has 0 saturated carbocycles. The van der Waals surface area contributed by atoms with E-state index in [1.807, 2.05) is 0 Å². The third-order valence-corrected chi connectivity index (χ3v) is 2.42. The van der Waals surface area contributed by atoms with Gasteiger partial charge in [0.1, 0.15) is 5.82 Å². The lowest BCUT2D eigenvalue weighted by Gasteiger charge is -2.11. The average molecular weight is 235 g/mol. The van der Waals surface area contributed by atoms with Crippen molar-refractivity contribution in [1.82, 2.24) is 10.1 Å². The summed E-state index contributed by atoms with van der Waals surface area (Å²) in [6.45, 7) is 5.37. The van der Waals surface area contributed by atoms with Crippen molar-refractivity contribution in [3.05, 3.63) is 35.4 Å². The van der Waals surface area contributed by atoms with Gasteiger partial charge in [-0.25, -0.2) is 4.39 Å². The van der Waals surface area contributed by atoms with E-state index in [0.717, 1.165) is 11.1 Å². The molecule has 90 valence electrons. The summed E-state index contributed by atoms with van der Waals surface area (Å²) >= 11 is 0. The van der Waals surface area contributed by atoms with Gasteiger partial charge in [0.2, 0.25) is 0 Å². The minimum atomic E-state index is -0.657. The Morgan fingerprint density at radius 3 is 2.59 bits per heavy atom. The van der Waals surface area contributed by atoms with Crippen LogP contribution in [-0.4, -0.2) is 10.1 Å². The van der Waals surface area contributed by atoms with E-state index in [-0.39, 0.29) is 5.82 Å². The lowest BCUT2D eigenvalue weighted by Crippen LogP contribution is -2.30. The van der Waals surface area contributed by atoms with Crippen molar-refractivity contribution in [1.29, 1.82) is 0 Å². The molecule has 0 spiro atoms. The van der Waals surface area contributed by atoms with Crippen LogP contribution in [0.4, 0.5) is 4.39 Å². The summed E-state index contributed by atoms with van der Waals surface area (Å²) in [7, 11) is 0. The summed E-state index contributed by atoms with van der Waals surface area (Å²) < 4.78 is 18.1. The SMILES string of the molecule is Cc1cc(F)ccc1-c1nc(C(C)(C)N)no1. The molecule has 0 aliphatic heterocycles. The highest BCUT2D eigenvalue weighted by molar-refractivity contribution is 5.58. The van der Waals surface area contributed by atoms with Crippen molar-refractivity contribution in [2.24, 2.45) is 5.73 Å². The number of benzene rings is 1. The molecule has 0 fully saturated rings. The molecule has 4 nitrogen and oxygen atoms in total. The number of nitrogens with zero attached hydrogens (tertiary/aromatic N) is 2. The second kappa shape index (κ2) is 3.92. The lowest BCUT2D eigenvalue weighted by atomic mass is 10.1. The van der Waals surface area contributed by atoms with E-state index in [9.17, 15) is 4.39 Å². The van der Waals surface area contributed by atoms with Crippen molar-refractivity contribution in [2.45, 2.75) is 26.3 Å². The Morgan fingerprint density at radius 1 is 1.35 bits per heavy atom. The van der Waals surface area contributed by atoms with E-state index in [2.05, 4.69) is 10.1 Å². The Kier molecular flexibility index (Phi) is 2.71. The van der Waals surface area contributed by atoms with Crippen molar-refractivity contribution in [3.8, 4) is 11.5 Å². The molecule has 0 aliphatic rings. The quantitative estimate of drug-likeness (QED) is 0.867. The second-order valence-electron chi connectivity index (χ2n) is 4.60. The van der Waals surface area contributed by atoms with Crippen LogP contribution < -0.4 is 5.73 Å². The number of aromatic nitrogens is 2. The maximum absolute atomic E-state index is 13.0. The zero-order chi connectivity index (χ0) is 12.6. The van der Waals surface area contributed by atoms with E-state index in [1.165, 1.54) is 12.1 Å². The first-order valence-corrected chi connectivity index (χ1v) is 5.27. The first-order chi connectivity index (χ1) is 7.88. The summed E-state index contributed by atoms with van der Waals surface area (Å²) in [5.74, 6) is 0.498. The summed E-state index contributed by atoms with van der Waals surface area (Å²) in [6, 6.07) is 4.40. The van der Waals surface area contributed by atoms with E-state index in [0.29, 0.717) is 11.7 Å². The monoisotopic (exact) mass is 235 g/mol. The van der Waals surface area contributed by atoms with Crippen LogP contribution in [-0.2, 0) is 5.54 Å². The molecule has 1 aromatic carbocycles. The second-order valence-corrected chi connectivity index (χ2v) is 4.60. The highest BCUT2D eigenvalue weighted by Crippen LogP contribution is 2.24. The average Bonchev–Trinajstić information content (AvgIpc) is 2.65. The zero-order valence-electron chi connectivity index (χ0n) is 9.99. The third-order valence-electron chi connectivity index (χ3n) is 2.42. The van der Waals surface area contributed by atoms with Gasteiger partial charge in [-0.3, -0.25) is 0 Å². The van der Waals surface area contributed by atoms with E-state index in [1.54, 1.807) is 26.8 Å². The van der Waals surface area contributed by atoms with Crippen molar-refractivity contribution < 1.29 is 8.91 Å². The normalized spacial score (nSPS) is 11.8. The number of aryl methyl sites for hydroxylation is 1. The van der Waals surface area contributed by atoms with Crippen LogP contribution in [0.2, 0.25) is 0 Å². The molecule has 0 bridgehead atoms. The number of nitrogens with two attached hydrogens (primary N) is 1. The van der Waals surface area contributed by atoms with Gasteiger partial charge in [-0.05, 0) is 44.5 Å². The van der Waals surface area contributed by atoms with Gasteiger partial charge in [0.05, 0.1) is 5.54 Å². The van der Waals surface area contributed by atoms with Gasteiger partial charge in [0.25, 0.3) is 5.89 Å². The van der Waals surface area contributed by atoms with Crippen LogP contribution in [0.25, 0.3) is 11.5 Å². The molecule has 5 heteroatoms. The molecule has 2 rings (SSSR count). The minimum absolute atomic E-state index is 0.287. The molecule has 2 aromatic rings. The molecular formula is C12H14FN3O. The highest BCUT2D eigenvalue weighted by Gasteiger charge is 2.22. The minimum Gasteiger partial charge on any atom is -0.334 e. The molecule has 0 saturated heterocycles. The predicted molar refractivity (Wildman–Crippen MR) is 61.6 cm³/mol. The Labute approximate surface area is 98.6 Å². The van der Waals surface area contributed by atoms with Crippen LogP contribution in [0, 0.1) is 12.7 Å². The van der Waals surface area contributed by atoms with Crippen molar-refractivity contribution in [2.75, 3.05) is 0 Å². The van der Waals surface area contributed by atoms with Gasteiger partial charge in [-0.2, -0.15) is 4.98 Å².